The fourth-order valence-corrected chi connectivity index (χ4v) is 4.64. The first-order chi connectivity index (χ1) is 14.3. The summed E-state index contributed by atoms with van der Waals surface area (Å²) in [5.74, 6) is -0.447. The molecule has 156 valence electrons. The summed E-state index contributed by atoms with van der Waals surface area (Å²) >= 11 is 12.1. The van der Waals surface area contributed by atoms with Gasteiger partial charge >= 0.3 is 0 Å². The topological polar surface area (TPSA) is 66.5 Å². The van der Waals surface area contributed by atoms with Gasteiger partial charge in [0, 0.05) is 0 Å². The second-order valence-electron chi connectivity index (χ2n) is 6.62. The first kappa shape index (κ1) is 22.2. The van der Waals surface area contributed by atoms with E-state index in [1.54, 1.807) is 18.2 Å². The second-order valence-corrected chi connectivity index (χ2v) is 9.30. The number of halogens is 2. The number of hydrogen-bond donors (Lipinski definition) is 1. The van der Waals surface area contributed by atoms with Crippen molar-refractivity contribution in [3.63, 3.8) is 0 Å². The molecule has 8 heteroatoms. The first-order valence-corrected chi connectivity index (χ1v) is 11.4. The standard InChI is InChI=1S/C22H20Cl2N2O3S/c1-16(17-8-4-2-5-9-17)25-22(27)15-26(18-12-13-20(23)21(24)14-18)30(28,29)19-10-6-3-7-11-19/h2-14,16H,15H2,1H3,(H,25,27)/t16-/m0/s1. The molecule has 1 N–H and O–H groups in total. The van der Waals surface area contributed by atoms with Gasteiger partial charge in [0.05, 0.1) is 26.7 Å². The predicted molar refractivity (Wildman–Crippen MR) is 120 cm³/mol. The van der Waals surface area contributed by atoms with Crippen LogP contribution < -0.4 is 9.62 Å². The quantitative estimate of drug-likeness (QED) is 0.532. The van der Waals surface area contributed by atoms with E-state index in [-0.39, 0.29) is 21.6 Å². The number of amides is 1. The minimum Gasteiger partial charge on any atom is -0.348 e. The van der Waals surface area contributed by atoms with Crippen molar-refractivity contribution in [1.82, 2.24) is 5.32 Å². The average Bonchev–Trinajstić information content (AvgIpc) is 2.75. The lowest BCUT2D eigenvalue weighted by Crippen LogP contribution is -2.41. The van der Waals surface area contributed by atoms with Gasteiger partial charge in [-0.15, -0.1) is 0 Å². The number of rotatable bonds is 7. The van der Waals surface area contributed by atoms with E-state index in [4.69, 9.17) is 23.2 Å². The van der Waals surface area contributed by atoms with E-state index < -0.39 is 22.5 Å². The van der Waals surface area contributed by atoms with Gasteiger partial charge in [-0.05, 0) is 42.8 Å². The van der Waals surface area contributed by atoms with E-state index >= 15 is 0 Å². The average molecular weight is 463 g/mol. The minimum absolute atomic E-state index is 0.0694. The third-order valence-corrected chi connectivity index (χ3v) is 7.01. The molecular weight excluding hydrogens is 443 g/mol. The third kappa shape index (κ3) is 5.14. The largest absolute Gasteiger partial charge is 0.348 e. The molecule has 0 fully saturated rings. The molecule has 0 heterocycles. The lowest BCUT2D eigenvalue weighted by atomic mass is 10.1. The smallest absolute Gasteiger partial charge is 0.264 e. The molecule has 1 atom stereocenters. The van der Waals surface area contributed by atoms with Gasteiger partial charge in [0.1, 0.15) is 6.54 Å². The molecule has 0 radical (unpaired) electrons. The van der Waals surface area contributed by atoms with Crippen LogP contribution in [0.25, 0.3) is 0 Å². The molecule has 3 aromatic carbocycles. The minimum atomic E-state index is -4.01. The Bertz CT molecular complexity index is 1120. The van der Waals surface area contributed by atoms with Crippen LogP contribution in [0, 0.1) is 0 Å². The third-order valence-electron chi connectivity index (χ3n) is 4.49. The normalized spacial score (nSPS) is 12.2. The van der Waals surface area contributed by atoms with Crippen LogP contribution in [0.4, 0.5) is 5.69 Å². The maximum Gasteiger partial charge on any atom is 0.264 e. The summed E-state index contributed by atoms with van der Waals surface area (Å²) in [7, 11) is -4.01. The number of carbonyl (C=O) groups excluding carboxylic acids is 1. The van der Waals surface area contributed by atoms with Crippen LogP contribution in [-0.4, -0.2) is 20.9 Å². The molecule has 3 rings (SSSR count). The van der Waals surface area contributed by atoms with Crippen molar-refractivity contribution in [2.24, 2.45) is 0 Å². The lowest BCUT2D eigenvalue weighted by Gasteiger charge is -2.25. The highest BCUT2D eigenvalue weighted by atomic mass is 35.5. The summed E-state index contributed by atoms with van der Waals surface area (Å²) in [6, 6.07) is 21.5. The highest BCUT2D eigenvalue weighted by Crippen LogP contribution is 2.30. The van der Waals surface area contributed by atoms with E-state index in [1.807, 2.05) is 37.3 Å². The van der Waals surface area contributed by atoms with Crippen LogP contribution in [0.3, 0.4) is 0 Å². The van der Waals surface area contributed by atoms with E-state index in [0.29, 0.717) is 5.02 Å². The zero-order chi connectivity index (χ0) is 21.7. The number of nitrogens with one attached hydrogen (secondary N) is 1. The van der Waals surface area contributed by atoms with E-state index in [2.05, 4.69) is 5.32 Å². The van der Waals surface area contributed by atoms with Crippen molar-refractivity contribution < 1.29 is 13.2 Å². The van der Waals surface area contributed by atoms with Gasteiger partial charge in [-0.1, -0.05) is 71.7 Å². The number of nitrogens with zero attached hydrogens (tertiary/aromatic N) is 1. The zero-order valence-electron chi connectivity index (χ0n) is 16.1. The molecule has 0 aliphatic rings. The van der Waals surface area contributed by atoms with Crippen molar-refractivity contribution >= 4 is 44.8 Å². The molecule has 0 aliphatic heterocycles. The van der Waals surface area contributed by atoms with Gasteiger partial charge in [-0.3, -0.25) is 9.10 Å². The van der Waals surface area contributed by atoms with E-state index in [1.165, 1.54) is 30.3 Å². The van der Waals surface area contributed by atoms with Crippen LogP contribution in [-0.2, 0) is 14.8 Å². The van der Waals surface area contributed by atoms with Gasteiger partial charge in [-0.2, -0.15) is 0 Å². The van der Waals surface area contributed by atoms with Crippen molar-refractivity contribution in [1.29, 1.82) is 0 Å². The first-order valence-electron chi connectivity index (χ1n) is 9.16. The van der Waals surface area contributed by atoms with Crippen molar-refractivity contribution in [3.8, 4) is 0 Å². The fourth-order valence-electron chi connectivity index (χ4n) is 2.92. The molecule has 0 saturated carbocycles. The summed E-state index contributed by atoms with van der Waals surface area (Å²) in [5.41, 5.74) is 1.16. The van der Waals surface area contributed by atoms with E-state index in [9.17, 15) is 13.2 Å². The summed E-state index contributed by atoms with van der Waals surface area (Å²) in [4.78, 5) is 12.8. The van der Waals surface area contributed by atoms with Gasteiger partial charge in [-0.25, -0.2) is 8.42 Å². The summed E-state index contributed by atoms with van der Waals surface area (Å²) in [6.45, 7) is 1.43. The number of benzene rings is 3. The molecular formula is C22H20Cl2N2O3S. The Morgan fingerprint density at radius 1 is 0.933 bits per heavy atom. The lowest BCUT2D eigenvalue weighted by molar-refractivity contribution is -0.120. The highest BCUT2D eigenvalue weighted by molar-refractivity contribution is 7.92. The molecule has 1 amide bonds. The van der Waals surface area contributed by atoms with Crippen molar-refractivity contribution in [2.75, 3.05) is 10.8 Å². The molecule has 0 spiro atoms. The maximum atomic E-state index is 13.3. The summed E-state index contributed by atoms with van der Waals surface area (Å²) in [5, 5.41) is 3.33. The number of sulfonamides is 1. The Kier molecular flexibility index (Phi) is 7.02. The number of carbonyl (C=O) groups is 1. The van der Waals surface area contributed by atoms with Crippen LogP contribution in [0.1, 0.15) is 18.5 Å². The van der Waals surface area contributed by atoms with Crippen LogP contribution >= 0.6 is 23.2 Å². The van der Waals surface area contributed by atoms with Gasteiger partial charge < -0.3 is 5.32 Å². The second kappa shape index (κ2) is 9.51. The summed E-state index contributed by atoms with van der Waals surface area (Å²) in [6.07, 6.45) is 0. The predicted octanol–water partition coefficient (Wildman–Crippen LogP) is 5.07. The van der Waals surface area contributed by atoms with Crippen LogP contribution in [0.2, 0.25) is 10.0 Å². The Labute approximate surface area is 186 Å². The van der Waals surface area contributed by atoms with Gasteiger partial charge in [0.25, 0.3) is 10.0 Å². The molecule has 3 aromatic rings. The molecule has 0 saturated heterocycles. The molecule has 5 nitrogen and oxygen atoms in total. The monoisotopic (exact) mass is 462 g/mol. The number of anilines is 1. The van der Waals surface area contributed by atoms with Crippen molar-refractivity contribution in [2.45, 2.75) is 17.9 Å². The summed E-state index contributed by atoms with van der Waals surface area (Å²) < 4.78 is 27.6. The van der Waals surface area contributed by atoms with Crippen LogP contribution in [0.5, 0.6) is 0 Å². The Balaban J connectivity index is 1.91. The Morgan fingerprint density at radius 2 is 1.53 bits per heavy atom. The maximum absolute atomic E-state index is 13.3. The molecule has 30 heavy (non-hydrogen) atoms. The van der Waals surface area contributed by atoms with Gasteiger partial charge in [0.15, 0.2) is 0 Å². The zero-order valence-corrected chi connectivity index (χ0v) is 18.5. The molecule has 0 aromatic heterocycles. The molecule has 0 bridgehead atoms. The fraction of sp³-hybridized carbons (Fsp3) is 0.136. The highest BCUT2D eigenvalue weighted by Gasteiger charge is 2.28. The van der Waals surface area contributed by atoms with Gasteiger partial charge in [0.2, 0.25) is 5.91 Å². The molecule has 0 unspecified atom stereocenters. The van der Waals surface area contributed by atoms with Crippen LogP contribution in [0.15, 0.2) is 83.8 Å². The Hall–Kier alpha value is -2.54. The van der Waals surface area contributed by atoms with E-state index in [0.717, 1.165) is 9.87 Å². The number of hydrogen-bond acceptors (Lipinski definition) is 3. The van der Waals surface area contributed by atoms with Crippen molar-refractivity contribution in [3.05, 3.63) is 94.5 Å². The Morgan fingerprint density at radius 3 is 2.13 bits per heavy atom. The SMILES string of the molecule is C[C@H](NC(=O)CN(c1ccc(Cl)c(Cl)c1)S(=O)(=O)c1ccccc1)c1ccccc1. The molecule has 0 aliphatic carbocycles.